The number of anilines is 3. The lowest BCUT2D eigenvalue weighted by Gasteiger charge is -2.19. The standard InChI is InChI=1S/C15H18ClFN6/c1-22(2)14-6-13(19-9-20-14)21-11-3-4-23(8-11)15-12(17)5-10(16)7-18-15/h5-7,9,11H,3-4,8H2,1-2H3,(H,19,20,21). The molecule has 1 unspecified atom stereocenters. The molecule has 1 N–H and O–H groups in total. The maximum atomic E-state index is 14.0. The molecule has 8 heteroatoms. The second-order valence-electron chi connectivity index (χ2n) is 5.69. The van der Waals surface area contributed by atoms with E-state index in [9.17, 15) is 4.39 Å². The molecule has 0 bridgehead atoms. The summed E-state index contributed by atoms with van der Waals surface area (Å²) in [7, 11) is 3.86. The van der Waals surface area contributed by atoms with Crippen LogP contribution in [0.1, 0.15) is 6.42 Å². The minimum atomic E-state index is -0.393. The molecule has 3 rings (SSSR count). The van der Waals surface area contributed by atoms with Gasteiger partial charge in [0.1, 0.15) is 18.0 Å². The molecule has 1 aliphatic rings. The molecule has 6 nitrogen and oxygen atoms in total. The zero-order chi connectivity index (χ0) is 16.4. The lowest BCUT2D eigenvalue weighted by molar-refractivity contribution is 0.615. The minimum absolute atomic E-state index is 0.178. The van der Waals surface area contributed by atoms with Gasteiger partial charge in [0.05, 0.1) is 5.02 Å². The Labute approximate surface area is 139 Å². The summed E-state index contributed by atoms with van der Waals surface area (Å²) in [6.45, 7) is 1.39. The number of pyridine rings is 1. The first-order valence-electron chi connectivity index (χ1n) is 7.35. The van der Waals surface area contributed by atoms with Gasteiger partial charge in [-0.15, -0.1) is 0 Å². The van der Waals surface area contributed by atoms with Gasteiger partial charge in [-0.3, -0.25) is 0 Å². The molecule has 0 radical (unpaired) electrons. The molecule has 2 aromatic rings. The van der Waals surface area contributed by atoms with E-state index in [2.05, 4.69) is 20.3 Å². The van der Waals surface area contributed by atoms with Gasteiger partial charge in [0.15, 0.2) is 11.6 Å². The highest BCUT2D eigenvalue weighted by molar-refractivity contribution is 6.30. The van der Waals surface area contributed by atoms with E-state index in [1.54, 1.807) is 0 Å². The molecular weight excluding hydrogens is 319 g/mol. The Morgan fingerprint density at radius 2 is 2.13 bits per heavy atom. The van der Waals surface area contributed by atoms with E-state index in [0.29, 0.717) is 17.4 Å². The quantitative estimate of drug-likeness (QED) is 0.925. The van der Waals surface area contributed by atoms with E-state index in [1.165, 1.54) is 18.6 Å². The van der Waals surface area contributed by atoms with Gasteiger partial charge in [0.2, 0.25) is 0 Å². The van der Waals surface area contributed by atoms with E-state index >= 15 is 0 Å². The zero-order valence-electron chi connectivity index (χ0n) is 13.0. The summed E-state index contributed by atoms with van der Waals surface area (Å²) in [6, 6.07) is 3.36. The van der Waals surface area contributed by atoms with Crippen LogP contribution in [0.25, 0.3) is 0 Å². The lowest BCUT2D eigenvalue weighted by atomic mass is 10.2. The second-order valence-corrected chi connectivity index (χ2v) is 6.13. The largest absolute Gasteiger partial charge is 0.365 e. The van der Waals surface area contributed by atoms with E-state index in [4.69, 9.17) is 11.6 Å². The molecule has 3 heterocycles. The molecule has 0 aliphatic carbocycles. The third-order valence-electron chi connectivity index (χ3n) is 3.74. The average Bonchev–Trinajstić information content (AvgIpc) is 2.95. The Morgan fingerprint density at radius 1 is 1.30 bits per heavy atom. The van der Waals surface area contributed by atoms with Crippen molar-refractivity contribution in [2.45, 2.75) is 12.5 Å². The van der Waals surface area contributed by atoms with Crippen molar-refractivity contribution in [1.29, 1.82) is 0 Å². The van der Waals surface area contributed by atoms with Crippen LogP contribution in [-0.4, -0.2) is 48.2 Å². The van der Waals surface area contributed by atoms with Crippen LogP contribution in [0.5, 0.6) is 0 Å². The number of nitrogens with zero attached hydrogens (tertiary/aromatic N) is 5. The van der Waals surface area contributed by atoms with Gasteiger partial charge < -0.3 is 15.1 Å². The van der Waals surface area contributed by atoms with E-state index in [0.717, 1.165) is 24.6 Å². The Balaban J connectivity index is 1.67. The lowest BCUT2D eigenvalue weighted by Crippen LogP contribution is -2.27. The number of halogens is 2. The van der Waals surface area contributed by atoms with Crippen molar-refractivity contribution in [2.24, 2.45) is 0 Å². The predicted octanol–water partition coefficient (Wildman–Crippen LogP) is 2.42. The summed E-state index contributed by atoms with van der Waals surface area (Å²) in [5.41, 5.74) is 0. The molecule has 0 saturated carbocycles. The molecule has 0 spiro atoms. The smallest absolute Gasteiger partial charge is 0.167 e. The highest BCUT2D eigenvalue weighted by Gasteiger charge is 2.25. The van der Waals surface area contributed by atoms with Crippen LogP contribution >= 0.6 is 11.6 Å². The molecule has 2 aromatic heterocycles. The molecular formula is C15H18ClFN6. The van der Waals surface area contributed by atoms with Crippen LogP contribution in [-0.2, 0) is 0 Å². The summed E-state index contributed by atoms with van der Waals surface area (Å²) >= 11 is 5.75. The molecule has 1 atom stereocenters. The van der Waals surface area contributed by atoms with E-state index < -0.39 is 5.82 Å². The van der Waals surface area contributed by atoms with Crippen LogP contribution in [0.3, 0.4) is 0 Å². The minimum Gasteiger partial charge on any atom is -0.365 e. The van der Waals surface area contributed by atoms with Crippen LogP contribution < -0.4 is 15.1 Å². The molecule has 1 fully saturated rings. The van der Waals surface area contributed by atoms with Crippen molar-refractivity contribution in [1.82, 2.24) is 15.0 Å². The fourth-order valence-corrected chi connectivity index (χ4v) is 2.73. The molecule has 122 valence electrons. The van der Waals surface area contributed by atoms with Crippen molar-refractivity contribution in [2.75, 3.05) is 42.3 Å². The molecule has 0 amide bonds. The third-order valence-corrected chi connectivity index (χ3v) is 3.95. The first-order valence-corrected chi connectivity index (χ1v) is 7.72. The van der Waals surface area contributed by atoms with Gasteiger partial charge in [0.25, 0.3) is 0 Å². The monoisotopic (exact) mass is 336 g/mol. The van der Waals surface area contributed by atoms with Crippen molar-refractivity contribution < 1.29 is 4.39 Å². The van der Waals surface area contributed by atoms with Crippen molar-refractivity contribution in [3.8, 4) is 0 Å². The Hall–Kier alpha value is -2.15. The van der Waals surface area contributed by atoms with Gasteiger partial charge in [-0.1, -0.05) is 11.6 Å². The SMILES string of the molecule is CN(C)c1cc(NC2CCN(c3ncc(Cl)cc3F)C2)ncn1. The van der Waals surface area contributed by atoms with Gasteiger partial charge in [-0.2, -0.15) is 0 Å². The first-order chi connectivity index (χ1) is 11.0. The van der Waals surface area contributed by atoms with Crippen LogP contribution in [0.4, 0.5) is 21.8 Å². The summed E-state index contributed by atoms with van der Waals surface area (Å²) in [5, 5.41) is 3.67. The summed E-state index contributed by atoms with van der Waals surface area (Å²) in [6.07, 6.45) is 3.88. The second kappa shape index (κ2) is 6.54. The summed E-state index contributed by atoms with van der Waals surface area (Å²) in [5.74, 6) is 1.55. The highest BCUT2D eigenvalue weighted by atomic mass is 35.5. The van der Waals surface area contributed by atoms with Gasteiger partial charge in [-0.25, -0.2) is 19.3 Å². The van der Waals surface area contributed by atoms with Crippen LogP contribution in [0, 0.1) is 5.82 Å². The van der Waals surface area contributed by atoms with E-state index in [1.807, 2.05) is 30.0 Å². The fourth-order valence-electron chi connectivity index (χ4n) is 2.59. The van der Waals surface area contributed by atoms with Crippen LogP contribution in [0.2, 0.25) is 5.02 Å². The number of rotatable bonds is 4. The Bertz CT molecular complexity index is 695. The zero-order valence-corrected chi connectivity index (χ0v) is 13.8. The van der Waals surface area contributed by atoms with Gasteiger partial charge in [-0.05, 0) is 12.5 Å². The number of nitrogens with one attached hydrogen (secondary N) is 1. The highest BCUT2D eigenvalue weighted by Crippen LogP contribution is 2.24. The van der Waals surface area contributed by atoms with E-state index in [-0.39, 0.29) is 6.04 Å². The average molecular weight is 337 g/mol. The fraction of sp³-hybridized carbons (Fsp3) is 0.400. The third kappa shape index (κ3) is 3.61. The molecule has 0 aromatic carbocycles. The molecule has 1 aliphatic heterocycles. The summed E-state index contributed by atoms with van der Waals surface area (Å²) in [4.78, 5) is 16.4. The Morgan fingerprint density at radius 3 is 2.87 bits per heavy atom. The number of hydrogen-bond donors (Lipinski definition) is 1. The maximum absolute atomic E-state index is 14.0. The normalized spacial score (nSPS) is 17.4. The number of aromatic nitrogens is 3. The van der Waals surface area contributed by atoms with Crippen molar-refractivity contribution in [3.05, 3.63) is 35.5 Å². The number of hydrogen-bond acceptors (Lipinski definition) is 6. The van der Waals surface area contributed by atoms with Gasteiger partial charge in [0, 0.05) is 45.5 Å². The van der Waals surface area contributed by atoms with Crippen molar-refractivity contribution in [3.63, 3.8) is 0 Å². The molecule has 23 heavy (non-hydrogen) atoms. The first kappa shape index (κ1) is 15.7. The van der Waals surface area contributed by atoms with Crippen molar-refractivity contribution >= 4 is 29.1 Å². The topological polar surface area (TPSA) is 57.2 Å². The Kier molecular flexibility index (Phi) is 4.47. The van der Waals surface area contributed by atoms with Gasteiger partial charge >= 0.3 is 0 Å². The maximum Gasteiger partial charge on any atom is 0.167 e. The predicted molar refractivity (Wildman–Crippen MR) is 89.8 cm³/mol. The van der Waals surface area contributed by atoms with Crippen LogP contribution in [0.15, 0.2) is 24.7 Å². The summed E-state index contributed by atoms with van der Waals surface area (Å²) < 4.78 is 14.0. The molecule has 1 saturated heterocycles.